The van der Waals surface area contributed by atoms with Gasteiger partial charge in [-0.25, -0.2) is 5.43 Å². The number of nitrogens with one attached hydrogen (secondary N) is 2. The molecule has 0 fully saturated rings. The van der Waals surface area contributed by atoms with Crippen LogP contribution >= 0.6 is 0 Å². The van der Waals surface area contributed by atoms with Gasteiger partial charge in [-0.2, -0.15) is 5.10 Å². The van der Waals surface area contributed by atoms with E-state index in [9.17, 15) is 9.59 Å². The third-order valence-corrected chi connectivity index (χ3v) is 4.04. The molecule has 0 aliphatic rings. The zero-order valence-corrected chi connectivity index (χ0v) is 16.0. The van der Waals surface area contributed by atoms with Gasteiger partial charge in [-0.3, -0.25) is 9.59 Å². The van der Waals surface area contributed by atoms with Crippen molar-refractivity contribution in [2.45, 2.75) is 13.3 Å². The third kappa shape index (κ3) is 6.04. The molecule has 146 valence electrons. The van der Waals surface area contributed by atoms with Crippen molar-refractivity contribution in [3.63, 3.8) is 0 Å². The fourth-order valence-corrected chi connectivity index (χ4v) is 2.51. The van der Waals surface area contributed by atoms with Gasteiger partial charge >= 0.3 is 11.8 Å². The predicted octanol–water partition coefficient (Wildman–Crippen LogP) is 4.13. The van der Waals surface area contributed by atoms with Crippen LogP contribution in [0, 0.1) is 0 Å². The van der Waals surface area contributed by atoms with Crippen LogP contribution in [0.5, 0.6) is 11.5 Å². The Kier molecular flexibility index (Phi) is 6.73. The number of rotatable bonds is 6. The van der Waals surface area contributed by atoms with Crippen LogP contribution < -0.4 is 15.5 Å². The minimum absolute atomic E-state index is 0.553. The number of carbonyl (C=O) groups is 2. The predicted molar refractivity (Wildman–Crippen MR) is 113 cm³/mol. The van der Waals surface area contributed by atoms with Crippen molar-refractivity contribution in [1.29, 1.82) is 0 Å². The summed E-state index contributed by atoms with van der Waals surface area (Å²) in [6.07, 6.45) is 2.35. The highest BCUT2D eigenvalue weighted by molar-refractivity contribution is 6.39. The maximum Gasteiger partial charge on any atom is 0.329 e. The van der Waals surface area contributed by atoms with Crippen LogP contribution in [-0.4, -0.2) is 18.0 Å². The Bertz CT molecular complexity index is 999. The normalized spacial score (nSPS) is 10.5. The first-order valence-corrected chi connectivity index (χ1v) is 9.20. The number of hydrogen-bond acceptors (Lipinski definition) is 4. The maximum absolute atomic E-state index is 11.9. The molecular formula is C23H21N3O3. The van der Waals surface area contributed by atoms with E-state index in [4.69, 9.17) is 4.74 Å². The van der Waals surface area contributed by atoms with Crippen LogP contribution in [-0.2, 0) is 16.0 Å². The van der Waals surface area contributed by atoms with Gasteiger partial charge in [0.05, 0.1) is 6.21 Å². The number of amides is 2. The molecule has 3 rings (SSSR count). The van der Waals surface area contributed by atoms with E-state index >= 15 is 0 Å². The standard InChI is InChI=1S/C23H21N3O3/c1-2-17-11-13-19(14-12-17)25-22(27)23(28)26-24-16-18-7-6-10-21(15-18)29-20-8-4-3-5-9-20/h3-16H,2H2,1H3,(H,25,27)(H,26,28)/b24-16-. The van der Waals surface area contributed by atoms with E-state index in [0.717, 1.165) is 17.7 Å². The van der Waals surface area contributed by atoms with Crippen molar-refractivity contribution in [3.05, 3.63) is 90.0 Å². The molecule has 2 amide bonds. The van der Waals surface area contributed by atoms with Gasteiger partial charge in [-0.15, -0.1) is 0 Å². The summed E-state index contributed by atoms with van der Waals surface area (Å²) in [5, 5.41) is 6.37. The van der Waals surface area contributed by atoms with Gasteiger partial charge in [0, 0.05) is 5.69 Å². The molecule has 0 saturated carbocycles. The Labute approximate surface area is 169 Å². The van der Waals surface area contributed by atoms with Gasteiger partial charge < -0.3 is 10.1 Å². The minimum atomic E-state index is -0.850. The van der Waals surface area contributed by atoms with E-state index in [0.29, 0.717) is 17.0 Å². The summed E-state index contributed by atoms with van der Waals surface area (Å²) >= 11 is 0. The number of hydrazone groups is 1. The second-order valence-corrected chi connectivity index (χ2v) is 6.19. The van der Waals surface area contributed by atoms with Gasteiger partial charge in [0.25, 0.3) is 0 Å². The Balaban J connectivity index is 1.54. The lowest BCUT2D eigenvalue weighted by Crippen LogP contribution is -2.32. The molecule has 0 aromatic heterocycles. The van der Waals surface area contributed by atoms with Gasteiger partial charge in [0.15, 0.2) is 0 Å². The molecule has 0 bridgehead atoms. The van der Waals surface area contributed by atoms with E-state index in [2.05, 4.69) is 15.8 Å². The molecule has 3 aromatic carbocycles. The SMILES string of the molecule is CCc1ccc(NC(=O)C(=O)N/N=C\c2cccc(Oc3ccccc3)c2)cc1. The van der Waals surface area contributed by atoms with E-state index in [-0.39, 0.29) is 0 Å². The Hall–Kier alpha value is -3.93. The molecule has 0 heterocycles. The van der Waals surface area contributed by atoms with Crippen molar-refractivity contribution < 1.29 is 14.3 Å². The van der Waals surface area contributed by atoms with Crippen LogP contribution in [0.2, 0.25) is 0 Å². The first kappa shape index (κ1) is 19.8. The highest BCUT2D eigenvalue weighted by Crippen LogP contribution is 2.21. The summed E-state index contributed by atoms with van der Waals surface area (Å²) in [5.41, 5.74) is 4.64. The van der Waals surface area contributed by atoms with E-state index < -0.39 is 11.8 Å². The summed E-state index contributed by atoms with van der Waals surface area (Å²) in [6.45, 7) is 2.04. The second kappa shape index (κ2) is 9.85. The molecule has 3 aromatic rings. The molecule has 0 saturated heterocycles. The molecule has 0 radical (unpaired) electrons. The maximum atomic E-state index is 11.9. The number of benzene rings is 3. The largest absolute Gasteiger partial charge is 0.457 e. The number of para-hydroxylation sites is 1. The van der Waals surface area contributed by atoms with Crippen molar-refractivity contribution in [1.82, 2.24) is 5.43 Å². The van der Waals surface area contributed by atoms with Crippen LogP contribution in [0.3, 0.4) is 0 Å². The average Bonchev–Trinajstić information content (AvgIpc) is 2.75. The Morgan fingerprint density at radius 1 is 0.897 bits per heavy atom. The smallest absolute Gasteiger partial charge is 0.329 e. The fourth-order valence-electron chi connectivity index (χ4n) is 2.51. The van der Waals surface area contributed by atoms with Crippen molar-refractivity contribution in [2.24, 2.45) is 5.10 Å². The molecule has 0 aliphatic heterocycles. The number of aryl methyl sites for hydroxylation is 1. The number of ether oxygens (including phenoxy) is 1. The van der Waals surface area contributed by atoms with Crippen molar-refractivity contribution >= 4 is 23.7 Å². The van der Waals surface area contributed by atoms with Gasteiger partial charge in [-0.1, -0.05) is 49.4 Å². The topological polar surface area (TPSA) is 79.8 Å². The van der Waals surface area contributed by atoms with Gasteiger partial charge in [0.2, 0.25) is 0 Å². The zero-order chi connectivity index (χ0) is 20.5. The molecular weight excluding hydrogens is 366 g/mol. The third-order valence-electron chi connectivity index (χ3n) is 4.04. The van der Waals surface area contributed by atoms with Crippen LogP contribution in [0.25, 0.3) is 0 Å². The van der Waals surface area contributed by atoms with Crippen LogP contribution in [0.1, 0.15) is 18.1 Å². The van der Waals surface area contributed by atoms with Crippen LogP contribution in [0.15, 0.2) is 84.0 Å². The Morgan fingerprint density at radius 3 is 2.34 bits per heavy atom. The lowest BCUT2D eigenvalue weighted by Gasteiger charge is -2.06. The lowest BCUT2D eigenvalue weighted by molar-refractivity contribution is -0.136. The molecule has 0 aliphatic carbocycles. The zero-order valence-electron chi connectivity index (χ0n) is 16.0. The van der Waals surface area contributed by atoms with E-state index in [1.165, 1.54) is 6.21 Å². The summed E-state index contributed by atoms with van der Waals surface area (Å²) in [5.74, 6) is -0.275. The molecule has 0 spiro atoms. The first-order chi connectivity index (χ1) is 14.1. The molecule has 0 unspecified atom stereocenters. The van der Waals surface area contributed by atoms with Gasteiger partial charge in [0.1, 0.15) is 11.5 Å². The minimum Gasteiger partial charge on any atom is -0.457 e. The van der Waals surface area contributed by atoms with E-state index in [1.54, 1.807) is 18.2 Å². The number of nitrogens with zero attached hydrogens (tertiary/aromatic N) is 1. The number of hydrogen-bond donors (Lipinski definition) is 2. The first-order valence-electron chi connectivity index (χ1n) is 9.20. The number of anilines is 1. The Morgan fingerprint density at radius 2 is 1.62 bits per heavy atom. The van der Waals surface area contributed by atoms with E-state index in [1.807, 2.05) is 67.6 Å². The van der Waals surface area contributed by atoms with Crippen LogP contribution in [0.4, 0.5) is 5.69 Å². The second-order valence-electron chi connectivity index (χ2n) is 6.19. The number of carbonyl (C=O) groups excluding carboxylic acids is 2. The molecule has 0 atom stereocenters. The highest BCUT2D eigenvalue weighted by atomic mass is 16.5. The molecule has 2 N–H and O–H groups in total. The quantitative estimate of drug-likeness (QED) is 0.379. The average molecular weight is 387 g/mol. The summed E-state index contributed by atoms with van der Waals surface area (Å²) in [4.78, 5) is 23.9. The molecule has 29 heavy (non-hydrogen) atoms. The van der Waals surface area contributed by atoms with Crippen molar-refractivity contribution in [2.75, 3.05) is 5.32 Å². The highest BCUT2D eigenvalue weighted by Gasteiger charge is 2.12. The van der Waals surface area contributed by atoms with Crippen molar-refractivity contribution in [3.8, 4) is 11.5 Å². The summed E-state index contributed by atoms with van der Waals surface area (Å²) < 4.78 is 5.75. The lowest BCUT2D eigenvalue weighted by atomic mass is 10.1. The monoisotopic (exact) mass is 387 g/mol. The molecule has 6 heteroatoms. The summed E-state index contributed by atoms with van der Waals surface area (Å²) in [7, 11) is 0. The summed E-state index contributed by atoms with van der Waals surface area (Å²) in [6, 6.07) is 23.9. The molecule has 6 nitrogen and oxygen atoms in total. The fraction of sp³-hybridized carbons (Fsp3) is 0.0870. The van der Waals surface area contributed by atoms with Gasteiger partial charge in [-0.05, 0) is 53.9 Å².